The SMILES string of the molecule is C=CCOc1ccc(CNCC2CN(C)CCO2)cc1. The Morgan fingerprint density at radius 2 is 2.25 bits per heavy atom. The van der Waals surface area contributed by atoms with Crippen LogP contribution in [-0.4, -0.2) is 50.9 Å². The lowest BCUT2D eigenvalue weighted by Crippen LogP contribution is -2.44. The van der Waals surface area contributed by atoms with Gasteiger partial charge in [-0.15, -0.1) is 0 Å². The average molecular weight is 276 g/mol. The fraction of sp³-hybridized carbons (Fsp3) is 0.500. The average Bonchev–Trinajstić information content (AvgIpc) is 2.46. The molecule has 4 nitrogen and oxygen atoms in total. The predicted octanol–water partition coefficient (Wildman–Crippen LogP) is 1.67. The summed E-state index contributed by atoms with van der Waals surface area (Å²) in [6, 6.07) is 8.15. The van der Waals surface area contributed by atoms with Crippen LogP contribution >= 0.6 is 0 Å². The van der Waals surface area contributed by atoms with Gasteiger partial charge in [0.05, 0.1) is 12.7 Å². The van der Waals surface area contributed by atoms with Gasteiger partial charge < -0.3 is 19.7 Å². The molecular weight excluding hydrogens is 252 g/mol. The Morgan fingerprint density at radius 3 is 2.95 bits per heavy atom. The second kappa shape index (κ2) is 8.04. The standard InChI is InChI=1S/C16H24N2O2/c1-3-9-19-15-6-4-14(5-7-15)11-17-12-16-13-18(2)8-10-20-16/h3-7,16-17H,1,8-13H2,2H3. The highest BCUT2D eigenvalue weighted by Gasteiger charge is 2.16. The molecule has 0 spiro atoms. The third-order valence-corrected chi connectivity index (χ3v) is 3.33. The molecular formula is C16H24N2O2. The highest BCUT2D eigenvalue weighted by Crippen LogP contribution is 2.12. The Labute approximate surface area is 121 Å². The number of ether oxygens (including phenoxy) is 2. The molecule has 1 N–H and O–H groups in total. The molecule has 20 heavy (non-hydrogen) atoms. The Balaban J connectivity index is 1.69. The van der Waals surface area contributed by atoms with E-state index < -0.39 is 0 Å². The first kappa shape index (κ1) is 15.0. The Kier molecular flexibility index (Phi) is 6.05. The van der Waals surface area contributed by atoms with Gasteiger partial charge in [0.2, 0.25) is 0 Å². The molecule has 1 atom stereocenters. The number of hydrogen-bond acceptors (Lipinski definition) is 4. The summed E-state index contributed by atoms with van der Waals surface area (Å²) in [5.41, 5.74) is 1.25. The monoisotopic (exact) mass is 276 g/mol. The van der Waals surface area contributed by atoms with Gasteiger partial charge in [-0.1, -0.05) is 24.8 Å². The molecule has 1 saturated heterocycles. The number of rotatable bonds is 7. The van der Waals surface area contributed by atoms with Gasteiger partial charge in [0.15, 0.2) is 0 Å². The number of likely N-dealkylation sites (N-methyl/N-ethyl adjacent to an activating group) is 1. The van der Waals surface area contributed by atoms with Gasteiger partial charge in [-0.25, -0.2) is 0 Å². The molecule has 4 heteroatoms. The van der Waals surface area contributed by atoms with Crippen LogP contribution in [0, 0.1) is 0 Å². The molecule has 1 aromatic rings. The van der Waals surface area contributed by atoms with E-state index in [4.69, 9.17) is 9.47 Å². The first-order valence-electron chi connectivity index (χ1n) is 7.11. The van der Waals surface area contributed by atoms with Gasteiger partial charge in [0.1, 0.15) is 12.4 Å². The van der Waals surface area contributed by atoms with Crippen molar-refractivity contribution in [1.82, 2.24) is 10.2 Å². The molecule has 2 rings (SSSR count). The summed E-state index contributed by atoms with van der Waals surface area (Å²) in [6.07, 6.45) is 2.04. The topological polar surface area (TPSA) is 33.7 Å². The van der Waals surface area contributed by atoms with Gasteiger partial charge in [-0.2, -0.15) is 0 Å². The van der Waals surface area contributed by atoms with Crippen LogP contribution in [0.5, 0.6) is 5.75 Å². The zero-order valence-electron chi connectivity index (χ0n) is 12.2. The lowest BCUT2D eigenvalue weighted by Gasteiger charge is -2.30. The van der Waals surface area contributed by atoms with Crippen LogP contribution in [0.4, 0.5) is 0 Å². The van der Waals surface area contributed by atoms with E-state index in [2.05, 4.69) is 36.0 Å². The maximum absolute atomic E-state index is 5.72. The number of nitrogens with one attached hydrogen (secondary N) is 1. The van der Waals surface area contributed by atoms with Crippen molar-refractivity contribution in [2.75, 3.05) is 39.9 Å². The molecule has 0 aliphatic carbocycles. The fourth-order valence-corrected chi connectivity index (χ4v) is 2.23. The molecule has 0 amide bonds. The molecule has 0 saturated carbocycles. The third kappa shape index (κ3) is 4.96. The van der Waals surface area contributed by atoms with Gasteiger partial charge in [0, 0.05) is 26.2 Å². The zero-order chi connectivity index (χ0) is 14.2. The van der Waals surface area contributed by atoms with Crippen LogP contribution in [0.15, 0.2) is 36.9 Å². The van der Waals surface area contributed by atoms with Gasteiger partial charge in [0.25, 0.3) is 0 Å². The van der Waals surface area contributed by atoms with Crippen LogP contribution in [0.1, 0.15) is 5.56 Å². The molecule has 1 aliphatic rings. The normalized spacial score (nSPS) is 19.8. The number of hydrogen-bond donors (Lipinski definition) is 1. The predicted molar refractivity (Wildman–Crippen MR) is 81.1 cm³/mol. The first-order chi connectivity index (χ1) is 9.78. The van der Waals surface area contributed by atoms with Crippen molar-refractivity contribution in [3.05, 3.63) is 42.5 Å². The minimum Gasteiger partial charge on any atom is -0.490 e. The molecule has 1 unspecified atom stereocenters. The minimum atomic E-state index is 0.295. The summed E-state index contributed by atoms with van der Waals surface area (Å²) in [6.45, 7) is 8.78. The van der Waals surface area contributed by atoms with E-state index in [1.54, 1.807) is 6.08 Å². The second-order valence-electron chi connectivity index (χ2n) is 5.13. The molecule has 1 aliphatic heterocycles. The van der Waals surface area contributed by atoms with Crippen molar-refractivity contribution < 1.29 is 9.47 Å². The fourth-order valence-electron chi connectivity index (χ4n) is 2.23. The van der Waals surface area contributed by atoms with Crippen molar-refractivity contribution in [2.24, 2.45) is 0 Å². The van der Waals surface area contributed by atoms with E-state index in [0.717, 1.165) is 38.5 Å². The summed E-state index contributed by atoms with van der Waals surface area (Å²) in [4.78, 5) is 2.31. The van der Waals surface area contributed by atoms with Crippen LogP contribution in [0.25, 0.3) is 0 Å². The number of benzene rings is 1. The first-order valence-corrected chi connectivity index (χ1v) is 7.11. The van der Waals surface area contributed by atoms with Crippen molar-refractivity contribution in [3.8, 4) is 5.75 Å². The van der Waals surface area contributed by atoms with Crippen molar-refractivity contribution in [1.29, 1.82) is 0 Å². The van der Waals surface area contributed by atoms with Crippen LogP contribution < -0.4 is 10.1 Å². The summed E-state index contributed by atoms with van der Waals surface area (Å²) >= 11 is 0. The number of morpholine rings is 1. The van der Waals surface area contributed by atoms with Crippen molar-refractivity contribution in [3.63, 3.8) is 0 Å². The maximum Gasteiger partial charge on any atom is 0.119 e. The van der Waals surface area contributed by atoms with Crippen LogP contribution in [-0.2, 0) is 11.3 Å². The molecule has 0 aromatic heterocycles. The third-order valence-electron chi connectivity index (χ3n) is 3.33. The molecule has 1 heterocycles. The molecule has 0 bridgehead atoms. The highest BCUT2D eigenvalue weighted by atomic mass is 16.5. The van der Waals surface area contributed by atoms with Gasteiger partial charge >= 0.3 is 0 Å². The lowest BCUT2D eigenvalue weighted by atomic mass is 10.2. The molecule has 1 aromatic carbocycles. The Bertz CT molecular complexity index is 405. The quantitative estimate of drug-likeness (QED) is 0.768. The van der Waals surface area contributed by atoms with Crippen molar-refractivity contribution >= 4 is 0 Å². The largest absolute Gasteiger partial charge is 0.490 e. The zero-order valence-corrected chi connectivity index (χ0v) is 12.2. The van der Waals surface area contributed by atoms with E-state index in [0.29, 0.717) is 12.7 Å². The second-order valence-corrected chi connectivity index (χ2v) is 5.13. The van der Waals surface area contributed by atoms with E-state index >= 15 is 0 Å². The van der Waals surface area contributed by atoms with Crippen molar-refractivity contribution in [2.45, 2.75) is 12.6 Å². The van der Waals surface area contributed by atoms with Crippen LogP contribution in [0.2, 0.25) is 0 Å². The Hall–Kier alpha value is -1.36. The van der Waals surface area contributed by atoms with E-state index in [1.165, 1.54) is 5.56 Å². The van der Waals surface area contributed by atoms with E-state index in [1.807, 2.05) is 12.1 Å². The summed E-state index contributed by atoms with van der Waals surface area (Å²) in [5.74, 6) is 0.880. The summed E-state index contributed by atoms with van der Waals surface area (Å²) in [7, 11) is 2.14. The molecule has 1 fully saturated rings. The van der Waals surface area contributed by atoms with Gasteiger partial charge in [-0.05, 0) is 24.7 Å². The Morgan fingerprint density at radius 1 is 1.45 bits per heavy atom. The molecule has 110 valence electrons. The summed E-state index contributed by atoms with van der Waals surface area (Å²) < 4.78 is 11.2. The van der Waals surface area contributed by atoms with Crippen LogP contribution in [0.3, 0.4) is 0 Å². The minimum absolute atomic E-state index is 0.295. The lowest BCUT2D eigenvalue weighted by molar-refractivity contribution is -0.0182. The number of nitrogens with zero attached hydrogens (tertiary/aromatic N) is 1. The smallest absolute Gasteiger partial charge is 0.119 e. The molecule has 0 radical (unpaired) electrons. The van der Waals surface area contributed by atoms with E-state index in [9.17, 15) is 0 Å². The maximum atomic E-state index is 5.72. The summed E-state index contributed by atoms with van der Waals surface area (Å²) in [5, 5.41) is 3.45. The van der Waals surface area contributed by atoms with Gasteiger partial charge in [-0.3, -0.25) is 0 Å². The highest BCUT2D eigenvalue weighted by molar-refractivity contribution is 5.27. The van der Waals surface area contributed by atoms with E-state index in [-0.39, 0.29) is 0 Å².